The van der Waals surface area contributed by atoms with Gasteiger partial charge in [0.25, 0.3) is 0 Å². The molecular weight excluding hydrogens is 331 g/mol. The molecule has 1 saturated heterocycles. The summed E-state index contributed by atoms with van der Waals surface area (Å²) in [4.78, 5) is 25.3. The minimum atomic E-state index is -1.29. The van der Waals surface area contributed by atoms with Gasteiger partial charge < -0.3 is 9.64 Å². The molecule has 1 fully saturated rings. The van der Waals surface area contributed by atoms with E-state index in [-0.39, 0.29) is 24.4 Å². The molecule has 0 saturated carbocycles. The number of benzene rings is 1. The highest BCUT2D eigenvalue weighted by molar-refractivity contribution is 7.99. The van der Waals surface area contributed by atoms with Crippen LogP contribution in [0.5, 0.6) is 0 Å². The molecule has 1 aromatic carbocycles. The number of halogens is 3. The van der Waals surface area contributed by atoms with Crippen LogP contribution in [0.2, 0.25) is 0 Å². The van der Waals surface area contributed by atoms with E-state index < -0.39 is 29.3 Å². The minimum Gasteiger partial charge on any atom is -0.469 e. The molecule has 23 heavy (non-hydrogen) atoms. The van der Waals surface area contributed by atoms with Crippen LogP contribution in [0.25, 0.3) is 0 Å². The van der Waals surface area contributed by atoms with Gasteiger partial charge in [0.2, 0.25) is 5.91 Å². The third-order valence-corrected chi connectivity index (χ3v) is 4.70. The highest BCUT2D eigenvalue weighted by atomic mass is 32.2. The molecule has 1 atom stereocenters. The first kappa shape index (κ1) is 17.7. The molecule has 0 spiro atoms. The summed E-state index contributed by atoms with van der Waals surface area (Å²) in [5.41, 5.74) is -0.205. The van der Waals surface area contributed by atoms with Crippen LogP contribution in [-0.4, -0.2) is 48.0 Å². The number of ether oxygens (including phenoxy) is 1. The fraction of sp³-hybridized carbons (Fsp3) is 0.467. The highest BCUT2D eigenvalue weighted by Gasteiger charge is 2.29. The second-order valence-corrected chi connectivity index (χ2v) is 6.28. The van der Waals surface area contributed by atoms with E-state index in [9.17, 15) is 22.8 Å². The molecule has 126 valence electrons. The summed E-state index contributed by atoms with van der Waals surface area (Å²) in [6.07, 6.45) is -0.332. The molecule has 0 aromatic heterocycles. The average molecular weight is 347 g/mol. The monoisotopic (exact) mass is 347 g/mol. The summed E-state index contributed by atoms with van der Waals surface area (Å²) in [5, 5.41) is 0. The highest BCUT2D eigenvalue weighted by Crippen LogP contribution is 2.22. The Kier molecular flexibility index (Phi) is 5.92. The van der Waals surface area contributed by atoms with Crippen molar-refractivity contribution in [1.29, 1.82) is 0 Å². The molecule has 1 amide bonds. The van der Waals surface area contributed by atoms with Crippen LogP contribution in [-0.2, 0) is 20.7 Å². The Bertz CT molecular complexity index is 612. The van der Waals surface area contributed by atoms with Gasteiger partial charge >= 0.3 is 5.97 Å². The zero-order valence-electron chi connectivity index (χ0n) is 12.5. The van der Waals surface area contributed by atoms with Gasteiger partial charge in [-0.25, -0.2) is 13.2 Å². The topological polar surface area (TPSA) is 46.6 Å². The van der Waals surface area contributed by atoms with Gasteiger partial charge in [-0.1, -0.05) is 0 Å². The molecule has 1 aromatic rings. The van der Waals surface area contributed by atoms with Crippen molar-refractivity contribution in [1.82, 2.24) is 4.90 Å². The van der Waals surface area contributed by atoms with Crippen LogP contribution in [0.1, 0.15) is 12.0 Å². The SMILES string of the molecule is COC(=O)C[C@H]1CSCCN1C(=O)Cc1cc(F)c(F)cc1F. The number of thioether (sulfide) groups is 1. The Morgan fingerprint density at radius 2 is 1.96 bits per heavy atom. The predicted molar refractivity (Wildman–Crippen MR) is 79.5 cm³/mol. The number of amides is 1. The normalized spacial score (nSPS) is 17.9. The van der Waals surface area contributed by atoms with Crippen molar-refractivity contribution in [3.63, 3.8) is 0 Å². The molecule has 2 rings (SSSR count). The summed E-state index contributed by atoms with van der Waals surface area (Å²) >= 11 is 1.61. The molecule has 0 N–H and O–H groups in total. The van der Waals surface area contributed by atoms with Crippen molar-refractivity contribution in [2.45, 2.75) is 18.9 Å². The van der Waals surface area contributed by atoms with Crippen molar-refractivity contribution >= 4 is 23.6 Å². The number of esters is 1. The van der Waals surface area contributed by atoms with Gasteiger partial charge in [0.1, 0.15) is 5.82 Å². The molecule has 1 aliphatic heterocycles. The molecule has 1 aliphatic rings. The number of carbonyl (C=O) groups is 2. The number of hydrogen-bond donors (Lipinski definition) is 0. The van der Waals surface area contributed by atoms with Crippen LogP contribution in [0.3, 0.4) is 0 Å². The van der Waals surface area contributed by atoms with Gasteiger partial charge in [-0.15, -0.1) is 0 Å². The van der Waals surface area contributed by atoms with Gasteiger partial charge in [-0.3, -0.25) is 9.59 Å². The Morgan fingerprint density at radius 1 is 1.26 bits per heavy atom. The Balaban J connectivity index is 2.11. The fourth-order valence-corrected chi connectivity index (χ4v) is 3.45. The maximum atomic E-state index is 13.7. The molecule has 1 heterocycles. The van der Waals surface area contributed by atoms with Crippen molar-refractivity contribution in [3.05, 3.63) is 35.1 Å². The van der Waals surface area contributed by atoms with E-state index in [1.165, 1.54) is 12.0 Å². The zero-order chi connectivity index (χ0) is 17.0. The third kappa shape index (κ3) is 4.40. The Labute approximate surface area is 136 Å². The summed E-state index contributed by atoms with van der Waals surface area (Å²) < 4.78 is 44.4. The summed E-state index contributed by atoms with van der Waals surface area (Å²) in [6, 6.07) is 0.772. The van der Waals surface area contributed by atoms with E-state index in [4.69, 9.17) is 0 Å². The van der Waals surface area contributed by atoms with E-state index in [2.05, 4.69) is 4.74 Å². The largest absolute Gasteiger partial charge is 0.469 e. The van der Waals surface area contributed by atoms with Crippen molar-refractivity contribution in [2.75, 3.05) is 25.2 Å². The average Bonchev–Trinajstić information content (AvgIpc) is 2.52. The molecule has 4 nitrogen and oxygen atoms in total. The quantitative estimate of drug-likeness (QED) is 0.619. The Morgan fingerprint density at radius 3 is 2.65 bits per heavy atom. The molecule has 0 aliphatic carbocycles. The van der Waals surface area contributed by atoms with Crippen molar-refractivity contribution < 1.29 is 27.5 Å². The lowest BCUT2D eigenvalue weighted by molar-refractivity contribution is -0.143. The van der Waals surface area contributed by atoms with E-state index in [0.29, 0.717) is 30.2 Å². The lowest BCUT2D eigenvalue weighted by Crippen LogP contribution is -2.47. The molecule has 0 unspecified atom stereocenters. The maximum Gasteiger partial charge on any atom is 0.307 e. The molecule has 8 heteroatoms. The number of hydrogen-bond acceptors (Lipinski definition) is 4. The second-order valence-electron chi connectivity index (χ2n) is 5.13. The van der Waals surface area contributed by atoms with E-state index in [1.807, 2.05) is 0 Å². The van der Waals surface area contributed by atoms with E-state index >= 15 is 0 Å². The number of rotatable bonds is 4. The van der Waals surface area contributed by atoms with Crippen molar-refractivity contribution in [2.24, 2.45) is 0 Å². The lowest BCUT2D eigenvalue weighted by Gasteiger charge is -2.35. The smallest absolute Gasteiger partial charge is 0.307 e. The van der Waals surface area contributed by atoms with Crippen LogP contribution >= 0.6 is 11.8 Å². The van der Waals surface area contributed by atoms with Gasteiger partial charge in [-0.05, 0) is 6.07 Å². The lowest BCUT2D eigenvalue weighted by atomic mass is 10.1. The zero-order valence-corrected chi connectivity index (χ0v) is 13.3. The maximum absolute atomic E-state index is 13.7. The van der Waals surface area contributed by atoms with Crippen LogP contribution in [0.4, 0.5) is 13.2 Å². The second kappa shape index (κ2) is 7.72. The first-order valence-electron chi connectivity index (χ1n) is 6.99. The fourth-order valence-electron chi connectivity index (χ4n) is 2.39. The standard InChI is InChI=1S/C15H16F3NO3S/c1-22-15(21)6-10-8-23-3-2-19(10)14(20)5-9-4-12(17)13(18)7-11(9)16/h4,7,10H,2-3,5-6,8H2,1H3/t10-/m0/s1. The number of carbonyl (C=O) groups excluding carboxylic acids is 2. The van der Waals surface area contributed by atoms with Gasteiger partial charge in [0.05, 0.1) is 26.0 Å². The first-order chi connectivity index (χ1) is 10.9. The van der Waals surface area contributed by atoms with Gasteiger partial charge in [0.15, 0.2) is 11.6 Å². The van der Waals surface area contributed by atoms with Crippen LogP contribution < -0.4 is 0 Å². The predicted octanol–water partition coefficient (Wildman–Crippen LogP) is 2.15. The summed E-state index contributed by atoms with van der Waals surface area (Å²) in [6.45, 7) is 0.413. The molecular formula is C15H16F3NO3S. The first-order valence-corrected chi connectivity index (χ1v) is 8.15. The van der Waals surface area contributed by atoms with Crippen molar-refractivity contribution in [3.8, 4) is 0 Å². The van der Waals surface area contributed by atoms with E-state index in [0.717, 1.165) is 0 Å². The third-order valence-electron chi connectivity index (χ3n) is 3.61. The summed E-state index contributed by atoms with van der Waals surface area (Å²) in [5.74, 6) is -3.05. The van der Waals surface area contributed by atoms with Crippen LogP contribution in [0, 0.1) is 17.5 Å². The number of nitrogens with zero attached hydrogens (tertiary/aromatic N) is 1. The molecule has 0 bridgehead atoms. The molecule has 0 radical (unpaired) electrons. The Hall–Kier alpha value is -1.70. The number of methoxy groups -OCH3 is 1. The summed E-state index contributed by atoms with van der Waals surface area (Å²) in [7, 11) is 1.27. The van der Waals surface area contributed by atoms with Crippen LogP contribution in [0.15, 0.2) is 12.1 Å². The van der Waals surface area contributed by atoms with Gasteiger partial charge in [0, 0.05) is 29.7 Å². The van der Waals surface area contributed by atoms with Gasteiger partial charge in [-0.2, -0.15) is 11.8 Å². The van der Waals surface area contributed by atoms with E-state index in [1.54, 1.807) is 11.8 Å². The minimum absolute atomic E-state index is 0.0511.